The summed E-state index contributed by atoms with van der Waals surface area (Å²) in [5.41, 5.74) is 0. The fraction of sp³-hybridized carbons (Fsp3) is 0.714. The molecule has 1 fully saturated rings. The molecule has 1 aliphatic rings. The molecule has 1 saturated heterocycles. The molecule has 0 aromatic rings. The molecule has 0 N–H and O–H groups in total. The van der Waals surface area contributed by atoms with Crippen LogP contribution in [0.25, 0.3) is 0 Å². The topological polar surface area (TPSA) is 46.6 Å². The van der Waals surface area contributed by atoms with E-state index in [9.17, 15) is 9.59 Å². The van der Waals surface area contributed by atoms with Crippen LogP contribution in [-0.4, -0.2) is 30.4 Å². The first kappa shape index (κ1) is 8.20. The Morgan fingerprint density at radius 1 is 1.27 bits per heavy atom. The highest BCUT2D eigenvalue weighted by molar-refractivity contribution is 6.20. The average molecular weight is 157 g/mol. The second kappa shape index (κ2) is 4.08. The zero-order valence-corrected chi connectivity index (χ0v) is 6.28. The van der Waals surface area contributed by atoms with Crippen LogP contribution in [0, 0.1) is 0 Å². The number of carbonyl (C=O) groups excluding carboxylic acids is 2. The Morgan fingerprint density at radius 3 is 2.45 bits per heavy atom. The maximum Gasteiger partial charge on any atom is 0.390 e. The maximum atomic E-state index is 10.4. The van der Waals surface area contributed by atoms with Crippen molar-refractivity contribution in [3.8, 4) is 0 Å². The van der Waals surface area contributed by atoms with E-state index in [1.165, 1.54) is 6.42 Å². The quantitative estimate of drug-likeness (QED) is 0.422. The van der Waals surface area contributed by atoms with E-state index in [1.54, 1.807) is 5.06 Å². The largest absolute Gasteiger partial charge is 0.390 e. The van der Waals surface area contributed by atoms with Crippen molar-refractivity contribution in [2.24, 2.45) is 0 Å². The molecule has 0 aromatic carbocycles. The first-order chi connectivity index (χ1) is 5.33. The molecule has 0 bridgehead atoms. The van der Waals surface area contributed by atoms with Crippen molar-refractivity contribution in [1.29, 1.82) is 0 Å². The Hall–Kier alpha value is -0.900. The van der Waals surface area contributed by atoms with E-state index >= 15 is 0 Å². The summed E-state index contributed by atoms with van der Waals surface area (Å²) in [7, 11) is 0. The van der Waals surface area contributed by atoms with Crippen molar-refractivity contribution in [3.05, 3.63) is 0 Å². The van der Waals surface area contributed by atoms with Crippen LogP contribution in [-0.2, 0) is 14.4 Å². The van der Waals surface area contributed by atoms with Crippen molar-refractivity contribution in [3.63, 3.8) is 0 Å². The van der Waals surface area contributed by atoms with Crippen LogP contribution in [0.4, 0.5) is 0 Å². The molecular weight excluding hydrogens is 146 g/mol. The van der Waals surface area contributed by atoms with Gasteiger partial charge < -0.3 is 4.84 Å². The normalized spacial score (nSPS) is 19.3. The molecule has 1 heterocycles. The molecule has 1 aliphatic heterocycles. The predicted molar refractivity (Wildman–Crippen MR) is 37.6 cm³/mol. The molecule has 62 valence electrons. The Morgan fingerprint density at radius 2 is 1.91 bits per heavy atom. The SMILES string of the molecule is O=CC(=O)ON1CCCCC1. The van der Waals surface area contributed by atoms with Crippen LogP contribution < -0.4 is 0 Å². The summed E-state index contributed by atoms with van der Waals surface area (Å²) in [5.74, 6) is -0.799. The number of rotatable bonds is 2. The molecule has 11 heavy (non-hydrogen) atoms. The smallest absolute Gasteiger partial charge is 0.362 e. The van der Waals surface area contributed by atoms with Gasteiger partial charge in [0.15, 0.2) is 0 Å². The van der Waals surface area contributed by atoms with Gasteiger partial charge in [-0.1, -0.05) is 6.42 Å². The lowest BCUT2D eigenvalue weighted by atomic mass is 10.2. The molecule has 0 aromatic heterocycles. The van der Waals surface area contributed by atoms with Crippen molar-refractivity contribution in [2.45, 2.75) is 19.3 Å². The number of hydrogen-bond acceptors (Lipinski definition) is 4. The van der Waals surface area contributed by atoms with Gasteiger partial charge in [-0.3, -0.25) is 4.79 Å². The fourth-order valence-corrected chi connectivity index (χ4v) is 1.10. The minimum atomic E-state index is -0.799. The van der Waals surface area contributed by atoms with Crippen molar-refractivity contribution < 1.29 is 14.4 Å². The van der Waals surface area contributed by atoms with Gasteiger partial charge in [0.05, 0.1) is 0 Å². The van der Waals surface area contributed by atoms with E-state index in [4.69, 9.17) is 0 Å². The maximum absolute atomic E-state index is 10.4. The highest BCUT2D eigenvalue weighted by Gasteiger charge is 2.13. The van der Waals surface area contributed by atoms with Crippen molar-refractivity contribution in [2.75, 3.05) is 13.1 Å². The van der Waals surface area contributed by atoms with E-state index in [1.807, 2.05) is 0 Å². The average Bonchev–Trinajstić information content (AvgIpc) is 2.06. The molecule has 0 unspecified atom stereocenters. The minimum absolute atomic E-state index is 0.189. The second-order valence-corrected chi connectivity index (χ2v) is 2.52. The summed E-state index contributed by atoms with van der Waals surface area (Å²) in [6.07, 6.45) is 3.43. The standard InChI is InChI=1S/C7H11NO3/c9-6-7(10)11-8-4-2-1-3-5-8/h6H,1-5H2. The lowest BCUT2D eigenvalue weighted by molar-refractivity contribution is -0.192. The van der Waals surface area contributed by atoms with Crippen LogP contribution in [0.15, 0.2) is 0 Å². The van der Waals surface area contributed by atoms with Gasteiger partial charge in [-0.2, -0.15) is 0 Å². The first-order valence-electron chi connectivity index (χ1n) is 3.75. The van der Waals surface area contributed by atoms with Gasteiger partial charge in [0.1, 0.15) is 0 Å². The first-order valence-corrected chi connectivity index (χ1v) is 3.75. The third kappa shape index (κ3) is 2.67. The zero-order valence-electron chi connectivity index (χ0n) is 6.28. The van der Waals surface area contributed by atoms with Crippen LogP contribution in [0.3, 0.4) is 0 Å². The third-order valence-corrected chi connectivity index (χ3v) is 1.63. The molecule has 0 aliphatic carbocycles. The summed E-state index contributed by atoms with van der Waals surface area (Å²) in [5, 5.41) is 1.54. The van der Waals surface area contributed by atoms with Crippen LogP contribution in [0.1, 0.15) is 19.3 Å². The van der Waals surface area contributed by atoms with E-state index in [0.717, 1.165) is 25.9 Å². The lowest BCUT2D eigenvalue weighted by Crippen LogP contribution is -2.32. The van der Waals surface area contributed by atoms with Crippen molar-refractivity contribution in [1.82, 2.24) is 5.06 Å². The monoisotopic (exact) mass is 157 g/mol. The lowest BCUT2D eigenvalue weighted by Gasteiger charge is -2.23. The molecule has 1 rings (SSSR count). The highest BCUT2D eigenvalue weighted by atomic mass is 16.7. The van der Waals surface area contributed by atoms with Crippen LogP contribution in [0.2, 0.25) is 0 Å². The van der Waals surface area contributed by atoms with Gasteiger partial charge in [0, 0.05) is 13.1 Å². The number of carbonyl (C=O) groups is 2. The van der Waals surface area contributed by atoms with Crippen molar-refractivity contribution >= 4 is 12.3 Å². The van der Waals surface area contributed by atoms with Gasteiger partial charge in [-0.05, 0) is 12.8 Å². The van der Waals surface area contributed by atoms with Gasteiger partial charge in [-0.25, -0.2) is 4.79 Å². The molecule has 0 atom stereocenters. The van der Waals surface area contributed by atoms with Gasteiger partial charge in [0.25, 0.3) is 0 Å². The molecule has 0 spiro atoms. The van der Waals surface area contributed by atoms with Gasteiger partial charge >= 0.3 is 5.97 Å². The minimum Gasteiger partial charge on any atom is -0.362 e. The molecular formula is C7H11NO3. The second-order valence-electron chi connectivity index (χ2n) is 2.52. The summed E-state index contributed by atoms with van der Waals surface area (Å²) < 4.78 is 0. The van der Waals surface area contributed by atoms with E-state index in [0.29, 0.717) is 0 Å². The molecule has 0 radical (unpaired) electrons. The number of hydroxylamine groups is 2. The summed E-state index contributed by atoms with van der Waals surface area (Å²) in [6, 6.07) is 0. The van der Waals surface area contributed by atoms with Crippen LogP contribution in [0.5, 0.6) is 0 Å². The Bertz CT molecular complexity index is 152. The van der Waals surface area contributed by atoms with E-state index in [-0.39, 0.29) is 6.29 Å². The predicted octanol–water partition coefficient (Wildman–Crippen LogP) is 0.129. The molecule has 4 nitrogen and oxygen atoms in total. The number of piperidine rings is 1. The Balaban J connectivity index is 2.24. The fourth-order valence-electron chi connectivity index (χ4n) is 1.10. The molecule has 4 heteroatoms. The summed E-state index contributed by atoms with van der Waals surface area (Å²) in [6.45, 7) is 1.50. The Kier molecular flexibility index (Phi) is 3.04. The molecule has 0 amide bonds. The van der Waals surface area contributed by atoms with E-state index < -0.39 is 5.97 Å². The third-order valence-electron chi connectivity index (χ3n) is 1.63. The highest BCUT2D eigenvalue weighted by Crippen LogP contribution is 2.08. The number of hydrogen-bond donors (Lipinski definition) is 0. The van der Waals surface area contributed by atoms with Crippen LogP contribution >= 0.6 is 0 Å². The van der Waals surface area contributed by atoms with E-state index in [2.05, 4.69) is 4.84 Å². The summed E-state index contributed by atoms with van der Waals surface area (Å²) >= 11 is 0. The number of aldehydes is 1. The van der Waals surface area contributed by atoms with Gasteiger partial charge in [-0.15, -0.1) is 5.06 Å². The van der Waals surface area contributed by atoms with Gasteiger partial charge in [0.2, 0.25) is 6.29 Å². The summed E-state index contributed by atoms with van der Waals surface area (Å²) in [4.78, 5) is 25.0. The zero-order chi connectivity index (χ0) is 8.10. The molecule has 0 saturated carbocycles. The number of nitrogens with zero attached hydrogens (tertiary/aromatic N) is 1. The Labute approximate surface area is 65.1 Å².